The molecule has 0 spiro atoms. The smallest absolute Gasteiger partial charge is 0.0444 e. The van der Waals surface area contributed by atoms with Crippen LogP contribution in [0.5, 0.6) is 0 Å². The number of benzene rings is 1. The predicted molar refractivity (Wildman–Crippen MR) is 133 cm³/mol. The molecule has 0 atom stereocenters. The largest absolute Gasteiger partial charge is 0.303 e. The Kier molecular flexibility index (Phi) is 9.27. The fraction of sp³-hybridized carbons (Fsp3) is 0.571. The Morgan fingerprint density at radius 2 is 1.93 bits per heavy atom. The summed E-state index contributed by atoms with van der Waals surface area (Å²) in [5.74, 6) is 0. The third kappa shape index (κ3) is 6.34. The topological polar surface area (TPSA) is 3.24 Å². The molecule has 1 nitrogen and oxygen atoms in total. The van der Waals surface area contributed by atoms with Crippen molar-refractivity contribution in [2.45, 2.75) is 85.0 Å². The van der Waals surface area contributed by atoms with E-state index in [1.54, 1.807) is 0 Å². The molecule has 2 heteroatoms. The lowest BCUT2D eigenvalue weighted by Gasteiger charge is -2.19. The summed E-state index contributed by atoms with van der Waals surface area (Å²) in [6, 6.07) is 4.57. The zero-order chi connectivity index (χ0) is 21.3. The highest BCUT2D eigenvalue weighted by molar-refractivity contribution is 6.31. The predicted octanol–water partition coefficient (Wildman–Crippen LogP) is 8.31. The van der Waals surface area contributed by atoms with Crippen LogP contribution in [0.1, 0.15) is 88.3 Å². The number of rotatable bonds is 9. The summed E-state index contributed by atoms with van der Waals surface area (Å²) in [5, 5.41) is 0.945. The first-order valence-electron chi connectivity index (χ1n) is 12.2. The molecule has 1 aliphatic carbocycles. The molecular formula is C28H40ClN. The molecule has 1 aromatic rings. The van der Waals surface area contributed by atoms with E-state index >= 15 is 0 Å². The highest BCUT2D eigenvalue weighted by Gasteiger charge is 2.15. The van der Waals surface area contributed by atoms with E-state index in [-0.39, 0.29) is 0 Å². The SMILES string of the molecule is CCC/C=C1\C=CCC\C1=C(/C)c1cc(Cl)c(CCCCCN2CCCC2)cc1C. The minimum absolute atomic E-state index is 0.945. The van der Waals surface area contributed by atoms with E-state index in [4.69, 9.17) is 11.6 Å². The van der Waals surface area contributed by atoms with Crippen molar-refractivity contribution < 1.29 is 0 Å². The van der Waals surface area contributed by atoms with Gasteiger partial charge in [-0.15, -0.1) is 0 Å². The van der Waals surface area contributed by atoms with E-state index in [2.05, 4.69) is 56.0 Å². The third-order valence-electron chi connectivity index (χ3n) is 6.73. The molecule has 30 heavy (non-hydrogen) atoms. The lowest BCUT2D eigenvalue weighted by molar-refractivity contribution is 0.328. The van der Waals surface area contributed by atoms with E-state index in [9.17, 15) is 0 Å². The second-order valence-corrected chi connectivity index (χ2v) is 9.52. The van der Waals surface area contributed by atoms with Crippen molar-refractivity contribution in [3.05, 3.63) is 63.2 Å². The summed E-state index contributed by atoms with van der Waals surface area (Å²) in [6.45, 7) is 10.7. The molecule has 2 aliphatic rings. The van der Waals surface area contributed by atoms with Crippen LogP contribution in [0.25, 0.3) is 5.57 Å². The Balaban J connectivity index is 1.65. The lowest BCUT2D eigenvalue weighted by Crippen LogP contribution is -2.20. The van der Waals surface area contributed by atoms with Gasteiger partial charge in [-0.05, 0) is 124 Å². The van der Waals surface area contributed by atoms with Crippen molar-refractivity contribution in [1.29, 1.82) is 0 Å². The van der Waals surface area contributed by atoms with Crippen molar-refractivity contribution >= 4 is 17.2 Å². The van der Waals surface area contributed by atoms with Gasteiger partial charge in [0.1, 0.15) is 0 Å². The number of hydrogen-bond donors (Lipinski definition) is 0. The van der Waals surface area contributed by atoms with Crippen LogP contribution < -0.4 is 0 Å². The summed E-state index contributed by atoms with van der Waals surface area (Å²) < 4.78 is 0. The number of unbranched alkanes of at least 4 members (excludes halogenated alkanes) is 3. The average molecular weight is 426 g/mol. The quantitative estimate of drug-likeness (QED) is 0.359. The van der Waals surface area contributed by atoms with E-state index in [1.165, 1.54) is 91.6 Å². The lowest BCUT2D eigenvalue weighted by atomic mass is 9.86. The summed E-state index contributed by atoms with van der Waals surface area (Å²) >= 11 is 6.76. The fourth-order valence-corrected chi connectivity index (χ4v) is 5.17. The van der Waals surface area contributed by atoms with E-state index in [0.717, 1.165) is 30.7 Å². The molecular weight excluding hydrogens is 386 g/mol. The molecule has 1 heterocycles. The van der Waals surface area contributed by atoms with Crippen LogP contribution in [-0.4, -0.2) is 24.5 Å². The Hall–Kier alpha value is -1.31. The molecule has 3 rings (SSSR count). The molecule has 0 N–H and O–H groups in total. The molecule has 1 saturated heterocycles. The Bertz CT molecular complexity index is 793. The van der Waals surface area contributed by atoms with Crippen LogP contribution in [0.2, 0.25) is 5.02 Å². The normalized spacial score (nSPS) is 20.3. The Labute approximate surface area is 189 Å². The van der Waals surface area contributed by atoms with Crippen molar-refractivity contribution in [2.24, 2.45) is 0 Å². The number of likely N-dealkylation sites (tertiary alicyclic amines) is 1. The second-order valence-electron chi connectivity index (χ2n) is 9.11. The highest BCUT2D eigenvalue weighted by atomic mass is 35.5. The van der Waals surface area contributed by atoms with Crippen LogP contribution in [0.4, 0.5) is 0 Å². The van der Waals surface area contributed by atoms with Gasteiger partial charge in [0.05, 0.1) is 0 Å². The van der Waals surface area contributed by atoms with Crippen molar-refractivity contribution in [3.63, 3.8) is 0 Å². The van der Waals surface area contributed by atoms with Crippen molar-refractivity contribution in [1.82, 2.24) is 4.90 Å². The maximum Gasteiger partial charge on any atom is 0.0444 e. The standard InChI is InChI=1S/C28H40ClN/c1-4-5-13-24-14-8-9-16-26(24)23(3)27-21-28(29)25(20-22(27)2)15-7-6-10-17-30-18-11-12-19-30/h8,13-14,20-21H,4-7,9-12,15-19H2,1-3H3/b24-13+,26-23-. The summed E-state index contributed by atoms with van der Waals surface area (Å²) in [5.41, 5.74) is 8.32. The van der Waals surface area contributed by atoms with E-state index in [1.807, 2.05) is 0 Å². The maximum absolute atomic E-state index is 6.76. The Morgan fingerprint density at radius 3 is 2.70 bits per heavy atom. The van der Waals surface area contributed by atoms with Gasteiger partial charge in [0.2, 0.25) is 0 Å². The number of allylic oxidation sites excluding steroid dienone is 6. The molecule has 0 amide bonds. The highest BCUT2D eigenvalue weighted by Crippen LogP contribution is 2.35. The average Bonchev–Trinajstić information content (AvgIpc) is 3.27. The van der Waals surface area contributed by atoms with Crippen molar-refractivity contribution in [2.75, 3.05) is 19.6 Å². The number of nitrogens with zero attached hydrogens (tertiary/aromatic N) is 1. The molecule has 1 fully saturated rings. The number of hydrogen-bond acceptors (Lipinski definition) is 1. The summed E-state index contributed by atoms with van der Waals surface area (Å²) in [4.78, 5) is 2.62. The van der Waals surface area contributed by atoms with E-state index in [0.29, 0.717) is 0 Å². The molecule has 0 bridgehead atoms. The summed E-state index contributed by atoms with van der Waals surface area (Å²) in [7, 11) is 0. The van der Waals surface area contributed by atoms with Crippen LogP contribution >= 0.6 is 11.6 Å². The molecule has 0 radical (unpaired) electrons. The van der Waals surface area contributed by atoms with Gasteiger partial charge >= 0.3 is 0 Å². The number of halogens is 1. The van der Waals surface area contributed by atoms with Gasteiger partial charge in [-0.1, -0.05) is 55.7 Å². The minimum Gasteiger partial charge on any atom is -0.303 e. The van der Waals surface area contributed by atoms with Crippen molar-refractivity contribution in [3.8, 4) is 0 Å². The zero-order valence-electron chi connectivity index (χ0n) is 19.4. The van der Waals surface area contributed by atoms with E-state index < -0.39 is 0 Å². The molecule has 1 aliphatic heterocycles. The maximum atomic E-state index is 6.76. The van der Waals surface area contributed by atoms with Gasteiger partial charge < -0.3 is 4.90 Å². The summed E-state index contributed by atoms with van der Waals surface area (Å²) in [6.07, 6.45) is 19.4. The molecule has 1 aromatic carbocycles. The first-order valence-corrected chi connectivity index (χ1v) is 12.6. The van der Waals surface area contributed by atoms with Gasteiger partial charge in [-0.25, -0.2) is 0 Å². The van der Waals surface area contributed by atoms with Gasteiger partial charge in [0.25, 0.3) is 0 Å². The Morgan fingerprint density at radius 1 is 1.13 bits per heavy atom. The van der Waals surface area contributed by atoms with Gasteiger partial charge in [0.15, 0.2) is 0 Å². The van der Waals surface area contributed by atoms with Crippen LogP contribution in [0.15, 0.2) is 41.5 Å². The zero-order valence-corrected chi connectivity index (χ0v) is 20.2. The van der Waals surface area contributed by atoms with Gasteiger partial charge in [-0.3, -0.25) is 0 Å². The first-order chi connectivity index (χ1) is 14.6. The molecule has 0 aromatic heterocycles. The molecule has 164 valence electrons. The van der Waals surface area contributed by atoms with Gasteiger partial charge in [-0.2, -0.15) is 0 Å². The fourth-order valence-electron chi connectivity index (χ4n) is 4.91. The third-order valence-corrected chi connectivity index (χ3v) is 7.08. The molecule has 0 saturated carbocycles. The first kappa shape index (κ1) is 23.4. The van der Waals surface area contributed by atoms with Crippen LogP contribution in [0.3, 0.4) is 0 Å². The van der Waals surface area contributed by atoms with Crippen LogP contribution in [-0.2, 0) is 6.42 Å². The van der Waals surface area contributed by atoms with Gasteiger partial charge in [0, 0.05) is 5.02 Å². The monoisotopic (exact) mass is 425 g/mol. The minimum atomic E-state index is 0.945. The second kappa shape index (κ2) is 11.9. The number of aryl methyl sites for hydroxylation is 2. The molecule has 0 unspecified atom stereocenters. The van der Waals surface area contributed by atoms with Crippen LogP contribution in [0, 0.1) is 6.92 Å².